The van der Waals surface area contributed by atoms with Crippen molar-refractivity contribution in [2.75, 3.05) is 0 Å². The van der Waals surface area contributed by atoms with Crippen LogP contribution in [0.5, 0.6) is 0 Å². The molecule has 0 aromatic heterocycles. The third kappa shape index (κ3) is 2.12. The molecule has 0 saturated heterocycles. The summed E-state index contributed by atoms with van der Waals surface area (Å²) in [4.78, 5) is 0. The second-order valence-electron chi connectivity index (χ2n) is 2.46. The van der Waals surface area contributed by atoms with Crippen LogP contribution < -0.4 is 0 Å². The van der Waals surface area contributed by atoms with Crippen LogP contribution >= 0.6 is 22.6 Å². The molecule has 1 aliphatic carbocycles. The van der Waals surface area contributed by atoms with E-state index in [1.54, 1.807) is 0 Å². The maximum Gasteiger partial charge on any atom is -0.00658 e. The molecule has 50 valence electrons. The first-order valence-corrected chi connectivity index (χ1v) is 4.41. The van der Waals surface area contributed by atoms with E-state index in [1.807, 2.05) is 0 Å². The molecule has 0 aromatic rings. The van der Waals surface area contributed by atoms with E-state index in [2.05, 4.69) is 47.7 Å². The Balaban J connectivity index is 2.63. The van der Waals surface area contributed by atoms with Gasteiger partial charge in [0.2, 0.25) is 0 Å². The van der Waals surface area contributed by atoms with E-state index in [0.29, 0.717) is 0 Å². The lowest BCUT2D eigenvalue weighted by molar-refractivity contribution is 0.658. The molecule has 0 fully saturated rings. The van der Waals surface area contributed by atoms with Gasteiger partial charge in [0, 0.05) is 0 Å². The van der Waals surface area contributed by atoms with Crippen LogP contribution in [0.4, 0.5) is 0 Å². The Hall–Kier alpha value is 0.210. The molecule has 0 nitrogen and oxygen atoms in total. The van der Waals surface area contributed by atoms with Crippen molar-refractivity contribution >= 4 is 22.6 Å². The van der Waals surface area contributed by atoms with E-state index in [1.165, 1.54) is 16.4 Å². The number of halogens is 1. The van der Waals surface area contributed by atoms with E-state index in [4.69, 9.17) is 0 Å². The number of hydrogen-bond acceptors (Lipinski definition) is 0. The van der Waals surface area contributed by atoms with E-state index >= 15 is 0 Å². The predicted octanol–water partition coefficient (Wildman–Crippen LogP) is 3.29. The SMILES string of the molecule is CC1CCC=CC=C1I. The third-order valence-corrected chi connectivity index (χ3v) is 3.05. The van der Waals surface area contributed by atoms with E-state index in [9.17, 15) is 0 Å². The standard InChI is InChI=1S/C8H11I/c1-7-5-3-2-4-6-8(7)9/h2,4,6-7H,3,5H2,1H3. The van der Waals surface area contributed by atoms with Crippen molar-refractivity contribution in [3.8, 4) is 0 Å². The summed E-state index contributed by atoms with van der Waals surface area (Å²) in [5.41, 5.74) is 0. The first kappa shape index (κ1) is 7.32. The molecule has 0 aliphatic heterocycles. The van der Waals surface area contributed by atoms with Gasteiger partial charge in [-0.1, -0.05) is 25.2 Å². The lowest BCUT2D eigenvalue weighted by Gasteiger charge is -2.05. The molecule has 0 saturated carbocycles. The summed E-state index contributed by atoms with van der Waals surface area (Å²) in [6.07, 6.45) is 9.15. The summed E-state index contributed by atoms with van der Waals surface area (Å²) in [5.74, 6) is 0.778. The van der Waals surface area contributed by atoms with Crippen LogP contribution in [-0.2, 0) is 0 Å². The largest absolute Gasteiger partial charge is 0.0845 e. The van der Waals surface area contributed by atoms with Crippen LogP contribution in [0.3, 0.4) is 0 Å². The van der Waals surface area contributed by atoms with E-state index in [0.717, 1.165) is 5.92 Å². The second-order valence-corrected chi connectivity index (χ2v) is 3.70. The highest BCUT2D eigenvalue weighted by Gasteiger charge is 2.04. The molecule has 9 heavy (non-hydrogen) atoms. The molecule has 1 unspecified atom stereocenters. The molecular weight excluding hydrogens is 223 g/mol. The molecule has 0 heterocycles. The van der Waals surface area contributed by atoms with Gasteiger partial charge >= 0.3 is 0 Å². The number of allylic oxidation sites excluding steroid dienone is 4. The zero-order chi connectivity index (χ0) is 6.69. The Morgan fingerprint density at radius 3 is 3.22 bits per heavy atom. The first-order chi connectivity index (χ1) is 4.30. The average Bonchev–Trinajstić information content (AvgIpc) is 1.99. The van der Waals surface area contributed by atoms with Gasteiger partial charge in [-0.25, -0.2) is 0 Å². The van der Waals surface area contributed by atoms with Crippen LogP contribution in [0.15, 0.2) is 21.8 Å². The Kier molecular flexibility index (Phi) is 2.76. The van der Waals surface area contributed by atoms with Gasteiger partial charge in [0.1, 0.15) is 0 Å². The number of rotatable bonds is 0. The molecule has 0 N–H and O–H groups in total. The highest BCUT2D eigenvalue weighted by molar-refractivity contribution is 14.1. The summed E-state index contributed by atoms with van der Waals surface area (Å²) < 4.78 is 1.49. The van der Waals surface area contributed by atoms with Crippen molar-refractivity contribution in [3.05, 3.63) is 21.8 Å². The van der Waals surface area contributed by atoms with Crippen molar-refractivity contribution in [1.82, 2.24) is 0 Å². The fourth-order valence-corrected chi connectivity index (χ4v) is 1.42. The van der Waals surface area contributed by atoms with Crippen molar-refractivity contribution in [1.29, 1.82) is 0 Å². The molecule has 1 rings (SSSR count). The fourth-order valence-electron chi connectivity index (χ4n) is 0.905. The molecule has 0 radical (unpaired) electrons. The average molecular weight is 234 g/mol. The monoisotopic (exact) mass is 234 g/mol. The van der Waals surface area contributed by atoms with Gasteiger partial charge in [0.25, 0.3) is 0 Å². The van der Waals surface area contributed by atoms with Gasteiger partial charge in [-0.15, -0.1) is 0 Å². The zero-order valence-corrected chi connectivity index (χ0v) is 7.76. The van der Waals surface area contributed by atoms with Crippen molar-refractivity contribution in [2.24, 2.45) is 5.92 Å². The Morgan fingerprint density at radius 1 is 1.67 bits per heavy atom. The van der Waals surface area contributed by atoms with Crippen molar-refractivity contribution in [2.45, 2.75) is 19.8 Å². The van der Waals surface area contributed by atoms with Crippen LogP contribution in [0.1, 0.15) is 19.8 Å². The topological polar surface area (TPSA) is 0 Å². The minimum absolute atomic E-state index is 0.778. The maximum atomic E-state index is 2.42. The quantitative estimate of drug-likeness (QED) is 0.564. The highest BCUT2D eigenvalue weighted by Crippen LogP contribution is 2.24. The van der Waals surface area contributed by atoms with Crippen LogP contribution in [0.2, 0.25) is 0 Å². The van der Waals surface area contributed by atoms with Gasteiger partial charge in [0.15, 0.2) is 0 Å². The Labute approximate surface area is 70.2 Å². The van der Waals surface area contributed by atoms with Gasteiger partial charge in [-0.2, -0.15) is 0 Å². The lowest BCUT2D eigenvalue weighted by atomic mass is 10.1. The van der Waals surface area contributed by atoms with Gasteiger partial charge in [0.05, 0.1) is 0 Å². The van der Waals surface area contributed by atoms with Gasteiger partial charge in [-0.05, 0) is 44.9 Å². The maximum absolute atomic E-state index is 2.42. The summed E-state index contributed by atoms with van der Waals surface area (Å²) in [7, 11) is 0. The predicted molar refractivity (Wildman–Crippen MR) is 49.6 cm³/mol. The lowest BCUT2D eigenvalue weighted by Crippen LogP contribution is -1.90. The molecular formula is C8H11I. The third-order valence-electron chi connectivity index (χ3n) is 1.63. The molecule has 0 spiro atoms. The van der Waals surface area contributed by atoms with E-state index in [-0.39, 0.29) is 0 Å². The summed E-state index contributed by atoms with van der Waals surface area (Å²) in [5, 5.41) is 0. The highest BCUT2D eigenvalue weighted by atomic mass is 127. The van der Waals surface area contributed by atoms with Crippen LogP contribution in [-0.4, -0.2) is 0 Å². The summed E-state index contributed by atoms with van der Waals surface area (Å²) in [6.45, 7) is 2.28. The van der Waals surface area contributed by atoms with Gasteiger partial charge in [-0.3, -0.25) is 0 Å². The Morgan fingerprint density at radius 2 is 2.44 bits per heavy atom. The molecule has 1 atom stereocenters. The van der Waals surface area contributed by atoms with Crippen LogP contribution in [0, 0.1) is 5.92 Å². The first-order valence-electron chi connectivity index (χ1n) is 3.33. The number of hydrogen-bond donors (Lipinski definition) is 0. The summed E-state index contributed by atoms with van der Waals surface area (Å²) in [6, 6.07) is 0. The molecule has 0 aromatic carbocycles. The van der Waals surface area contributed by atoms with Crippen LogP contribution in [0.25, 0.3) is 0 Å². The second kappa shape index (κ2) is 3.40. The molecule has 1 aliphatic rings. The molecule has 0 bridgehead atoms. The normalized spacial score (nSPS) is 27.3. The smallest absolute Gasteiger partial charge is 0.00658 e. The molecule has 1 heteroatoms. The Bertz CT molecular complexity index is 145. The van der Waals surface area contributed by atoms with E-state index < -0.39 is 0 Å². The zero-order valence-electron chi connectivity index (χ0n) is 5.60. The summed E-state index contributed by atoms with van der Waals surface area (Å²) >= 11 is 2.42. The van der Waals surface area contributed by atoms with Crippen molar-refractivity contribution in [3.63, 3.8) is 0 Å². The van der Waals surface area contributed by atoms with Gasteiger partial charge < -0.3 is 0 Å². The minimum atomic E-state index is 0.778. The van der Waals surface area contributed by atoms with Crippen molar-refractivity contribution < 1.29 is 0 Å². The molecule has 0 amide bonds. The fraction of sp³-hybridized carbons (Fsp3) is 0.500. The minimum Gasteiger partial charge on any atom is -0.0845 e.